The molecule has 1 aliphatic carbocycles. The van der Waals surface area contributed by atoms with Crippen molar-refractivity contribution in [2.75, 3.05) is 0 Å². The molecule has 1 aromatic carbocycles. The Morgan fingerprint density at radius 2 is 2.24 bits per heavy atom. The molecule has 0 saturated carbocycles. The van der Waals surface area contributed by atoms with E-state index in [1.165, 1.54) is 36.8 Å². The summed E-state index contributed by atoms with van der Waals surface area (Å²) < 4.78 is 0. The standard InChI is InChI=1S/C16H23N/c1-3-8-13(2)17-16-12-7-5-10-14-9-4-6-11-15(14)16/h3-4,6,9,11,13,16-17H,1,5,7-8,10,12H2,2H3. The summed E-state index contributed by atoms with van der Waals surface area (Å²) in [5, 5.41) is 3.74. The average molecular weight is 229 g/mol. The lowest BCUT2D eigenvalue weighted by Crippen LogP contribution is -2.30. The van der Waals surface area contributed by atoms with E-state index in [1.54, 1.807) is 0 Å². The lowest BCUT2D eigenvalue weighted by atomic mass is 9.98. The fourth-order valence-electron chi connectivity index (χ4n) is 2.76. The Labute approximate surface area is 105 Å². The van der Waals surface area contributed by atoms with Gasteiger partial charge in [-0.25, -0.2) is 0 Å². The maximum atomic E-state index is 3.82. The van der Waals surface area contributed by atoms with Gasteiger partial charge in [0.05, 0.1) is 0 Å². The largest absolute Gasteiger partial charge is 0.307 e. The van der Waals surface area contributed by atoms with E-state index in [9.17, 15) is 0 Å². The molecule has 0 amide bonds. The molecule has 1 N–H and O–H groups in total. The number of hydrogen-bond acceptors (Lipinski definition) is 1. The van der Waals surface area contributed by atoms with E-state index >= 15 is 0 Å². The molecule has 0 bridgehead atoms. The number of rotatable bonds is 4. The lowest BCUT2D eigenvalue weighted by Gasteiger charge is -2.23. The molecular formula is C16H23N. The summed E-state index contributed by atoms with van der Waals surface area (Å²) in [4.78, 5) is 0. The number of fused-ring (bicyclic) bond motifs is 1. The Balaban J connectivity index is 2.14. The summed E-state index contributed by atoms with van der Waals surface area (Å²) in [6, 6.07) is 9.95. The van der Waals surface area contributed by atoms with Crippen LogP contribution in [0.4, 0.5) is 0 Å². The molecule has 2 unspecified atom stereocenters. The van der Waals surface area contributed by atoms with Crippen LogP contribution >= 0.6 is 0 Å². The zero-order valence-electron chi connectivity index (χ0n) is 10.8. The highest BCUT2D eigenvalue weighted by Crippen LogP contribution is 2.28. The molecule has 0 saturated heterocycles. The van der Waals surface area contributed by atoms with Gasteiger partial charge in [-0.3, -0.25) is 0 Å². The van der Waals surface area contributed by atoms with Crippen molar-refractivity contribution in [3.05, 3.63) is 48.0 Å². The van der Waals surface area contributed by atoms with Crippen molar-refractivity contribution in [3.63, 3.8) is 0 Å². The Hall–Kier alpha value is -1.08. The first-order valence-corrected chi connectivity index (χ1v) is 6.76. The minimum atomic E-state index is 0.517. The van der Waals surface area contributed by atoms with Crippen LogP contribution in [-0.4, -0.2) is 6.04 Å². The van der Waals surface area contributed by atoms with Gasteiger partial charge >= 0.3 is 0 Å². The predicted molar refractivity (Wildman–Crippen MR) is 74.1 cm³/mol. The van der Waals surface area contributed by atoms with Crippen LogP contribution in [0.5, 0.6) is 0 Å². The van der Waals surface area contributed by atoms with Crippen molar-refractivity contribution in [2.45, 2.75) is 51.1 Å². The van der Waals surface area contributed by atoms with Crippen LogP contribution in [-0.2, 0) is 6.42 Å². The van der Waals surface area contributed by atoms with Crippen LogP contribution in [0.2, 0.25) is 0 Å². The summed E-state index contributed by atoms with van der Waals surface area (Å²) in [5.41, 5.74) is 3.05. The molecule has 2 rings (SSSR count). The maximum Gasteiger partial charge on any atom is 0.0325 e. The second-order valence-electron chi connectivity index (χ2n) is 5.09. The van der Waals surface area contributed by atoms with Gasteiger partial charge in [0, 0.05) is 12.1 Å². The zero-order valence-corrected chi connectivity index (χ0v) is 10.8. The molecule has 1 heteroatoms. The van der Waals surface area contributed by atoms with Crippen LogP contribution in [0.1, 0.15) is 49.8 Å². The monoisotopic (exact) mass is 229 g/mol. The van der Waals surface area contributed by atoms with Crippen molar-refractivity contribution in [1.82, 2.24) is 5.32 Å². The summed E-state index contributed by atoms with van der Waals surface area (Å²) in [6.45, 7) is 6.06. The van der Waals surface area contributed by atoms with Gasteiger partial charge in [-0.1, -0.05) is 36.8 Å². The fraction of sp³-hybridized carbons (Fsp3) is 0.500. The number of aryl methyl sites for hydroxylation is 1. The molecule has 0 heterocycles. The van der Waals surface area contributed by atoms with E-state index < -0.39 is 0 Å². The van der Waals surface area contributed by atoms with Gasteiger partial charge in [0.2, 0.25) is 0 Å². The van der Waals surface area contributed by atoms with E-state index in [0.29, 0.717) is 12.1 Å². The second-order valence-corrected chi connectivity index (χ2v) is 5.09. The van der Waals surface area contributed by atoms with Gasteiger partial charge in [0.25, 0.3) is 0 Å². The Morgan fingerprint density at radius 3 is 3.06 bits per heavy atom. The number of nitrogens with one attached hydrogen (secondary N) is 1. The molecule has 1 aromatic rings. The normalized spacial score (nSPS) is 21.4. The third-order valence-electron chi connectivity index (χ3n) is 3.63. The second kappa shape index (κ2) is 6.02. The smallest absolute Gasteiger partial charge is 0.0325 e. The highest BCUT2D eigenvalue weighted by atomic mass is 14.9. The third kappa shape index (κ3) is 3.19. The molecule has 0 aliphatic heterocycles. The number of benzene rings is 1. The van der Waals surface area contributed by atoms with Crippen LogP contribution in [0, 0.1) is 0 Å². The quantitative estimate of drug-likeness (QED) is 0.607. The van der Waals surface area contributed by atoms with Gasteiger partial charge in [0.15, 0.2) is 0 Å². The average Bonchev–Trinajstić information content (AvgIpc) is 2.53. The van der Waals surface area contributed by atoms with Crippen LogP contribution in [0.3, 0.4) is 0 Å². The molecule has 1 nitrogen and oxygen atoms in total. The number of hydrogen-bond donors (Lipinski definition) is 1. The van der Waals surface area contributed by atoms with Crippen LogP contribution in [0.25, 0.3) is 0 Å². The summed E-state index contributed by atoms with van der Waals surface area (Å²) in [5.74, 6) is 0. The highest BCUT2D eigenvalue weighted by molar-refractivity contribution is 5.31. The molecule has 0 radical (unpaired) electrons. The van der Waals surface area contributed by atoms with Gasteiger partial charge in [-0.05, 0) is 43.7 Å². The lowest BCUT2D eigenvalue weighted by molar-refractivity contribution is 0.430. The zero-order chi connectivity index (χ0) is 12.1. The summed E-state index contributed by atoms with van der Waals surface area (Å²) in [6.07, 6.45) is 8.19. The molecule has 0 spiro atoms. The molecule has 1 aliphatic rings. The Kier molecular flexibility index (Phi) is 4.38. The van der Waals surface area contributed by atoms with E-state index in [2.05, 4.69) is 43.1 Å². The topological polar surface area (TPSA) is 12.0 Å². The van der Waals surface area contributed by atoms with Gasteiger partial charge in [0.1, 0.15) is 0 Å². The van der Waals surface area contributed by atoms with Crippen molar-refractivity contribution < 1.29 is 0 Å². The maximum absolute atomic E-state index is 3.82. The van der Waals surface area contributed by atoms with E-state index in [1.807, 2.05) is 6.08 Å². The molecule has 0 fully saturated rings. The molecule has 0 aromatic heterocycles. The first-order chi connectivity index (χ1) is 8.31. The third-order valence-corrected chi connectivity index (χ3v) is 3.63. The van der Waals surface area contributed by atoms with Gasteiger partial charge < -0.3 is 5.32 Å². The van der Waals surface area contributed by atoms with Crippen LogP contribution in [0.15, 0.2) is 36.9 Å². The molecule has 92 valence electrons. The Bertz CT molecular complexity index is 370. The summed E-state index contributed by atoms with van der Waals surface area (Å²) >= 11 is 0. The SMILES string of the molecule is C=CCC(C)NC1CCCCc2ccccc21. The van der Waals surface area contributed by atoms with E-state index in [0.717, 1.165) is 6.42 Å². The predicted octanol–water partition coefficient (Wildman–Crippen LogP) is 4.01. The molecular weight excluding hydrogens is 206 g/mol. The van der Waals surface area contributed by atoms with Crippen molar-refractivity contribution in [2.24, 2.45) is 0 Å². The molecule has 2 atom stereocenters. The van der Waals surface area contributed by atoms with Gasteiger partial charge in [-0.15, -0.1) is 6.58 Å². The van der Waals surface area contributed by atoms with Crippen molar-refractivity contribution in [1.29, 1.82) is 0 Å². The van der Waals surface area contributed by atoms with Crippen molar-refractivity contribution in [3.8, 4) is 0 Å². The molecule has 17 heavy (non-hydrogen) atoms. The van der Waals surface area contributed by atoms with E-state index in [4.69, 9.17) is 0 Å². The first kappa shape index (κ1) is 12.4. The van der Waals surface area contributed by atoms with Gasteiger partial charge in [-0.2, -0.15) is 0 Å². The fourth-order valence-corrected chi connectivity index (χ4v) is 2.76. The van der Waals surface area contributed by atoms with Crippen LogP contribution < -0.4 is 5.32 Å². The minimum Gasteiger partial charge on any atom is -0.307 e. The first-order valence-electron chi connectivity index (χ1n) is 6.76. The summed E-state index contributed by atoms with van der Waals surface area (Å²) in [7, 11) is 0. The van der Waals surface area contributed by atoms with Crippen molar-refractivity contribution >= 4 is 0 Å². The minimum absolute atomic E-state index is 0.517. The Morgan fingerprint density at radius 1 is 1.41 bits per heavy atom. The van der Waals surface area contributed by atoms with E-state index in [-0.39, 0.29) is 0 Å². The highest BCUT2D eigenvalue weighted by Gasteiger charge is 2.18.